The van der Waals surface area contributed by atoms with Gasteiger partial charge in [0.2, 0.25) is 0 Å². The predicted octanol–water partition coefficient (Wildman–Crippen LogP) is 3.50. The van der Waals surface area contributed by atoms with Gasteiger partial charge in [-0.3, -0.25) is 4.79 Å². The van der Waals surface area contributed by atoms with Crippen molar-refractivity contribution in [3.63, 3.8) is 0 Å². The van der Waals surface area contributed by atoms with Crippen LogP contribution < -0.4 is 5.32 Å². The second kappa shape index (κ2) is 5.90. The van der Waals surface area contributed by atoms with Crippen molar-refractivity contribution < 1.29 is 4.79 Å². The van der Waals surface area contributed by atoms with Gasteiger partial charge in [0, 0.05) is 16.6 Å². The van der Waals surface area contributed by atoms with Gasteiger partial charge in [0.25, 0.3) is 5.91 Å². The Hall–Kier alpha value is -1.02. The van der Waals surface area contributed by atoms with Gasteiger partial charge in [-0.2, -0.15) is 0 Å². The SMILES string of the molecule is CC(C)C[C@@H](C)NC(=O)c1cccc(Cl)c1. The van der Waals surface area contributed by atoms with Gasteiger partial charge < -0.3 is 5.32 Å². The summed E-state index contributed by atoms with van der Waals surface area (Å²) in [6.45, 7) is 6.30. The molecule has 88 valence electrons. The lowest BCUT2D eigenvalue weighted by Crippen LogP contribution is -2.33. The molecule has 16 heavy (non-hydrogen) atoms. The Morgan fingerprint density at radius 2 is 2.06 bits per heavy atom. The molecule has 1 atom stereocenters. The summed E-state index contributed by atoms with van der Waals surface area (Å²) in [7, 11) is 0. The molecule has 0 saturated heterocycles. The maximum absolute atomic E-state index is 11.8. The highest BCUT2D eigenvalue weighted by atomic mass is 35.5. The first-order valence-electron chi connectivity index (χ1n) is 5.55. The molecule has 1 N–H and O–H groups in total. The summed E-state index contributed by atoms with van der Waals surface area (Å²) < 4.78 is 0. The molecule has 0 aromatic heterocycles. The molecule has 1 rings (SSSR count). The number of hydrogen-bond acceptors (Lipinski definition) is 1. The molecule has 0 unspecified atom stereocenters. The highest BCUT2D eigenvalue weighted by molar-refractivity contribution is 6.30. The zero-order valence-electron chi connectivity index (χ0n) is 9.96. The molecule has 0 spiro atoms. The second-order valence-corrected chi connectivity index (χ2v) is 4.95. The van der Waals surface area contributed by atoms with E-state index in [1.807, 2.05) is 6.92 Å². The zero-order valence-corrected chi connectivity index (χ0v) is 10.7. The fraction of sp³-hybridized carbons (Fsp3) is 0.462. The number of rotatable bonds is 4. The van der Waals surface area contributed by atoms with E-state index in [0.29, 0.717) is 16.5 Å². The van der Waals surface area contributed by atoms with Crippen molar-refractivity contribution in [2.45, 2.75) is 33.2 Å². The van der Waals surface area contributed by atoms with Gasteiger partial charge in [-0.1, -0.05) is 31.5 Å². The van der Waals surface area contributed by atoms with Crippen molar-refractivity contribution >= 4 is 17.5 Å². The van der Waals surface area contributed by atoms with Crippen LogP contribution in [0.2, 0.25) is 5.02 Å². The lowest BCUT2D eigenvalue weighted by molar-refractivity contribution is 0.0936. The Morgan fingerprint density at radius 1 is 1.38 bits per heavy atom. The molecule has 0 aliphatic heterocycles. The molecule has 0 fully saturated rings. The Balaban J connectivity index is 2.59. The van der Waals surface area contributed by atoms with Crippen LogP contribution >= 0.6 is 11.6 Å². The molecule has 0 radical (unpaired) electrons. The van der Waals surface area contributed by atoms with Crippen LogP contribution in [0.5, 0.6) is 0 Å². The third-order valence-electron chi connectivity index (χ3n) is 2.29. The van der Waals surface area contributed by atoms with Crippen LogP contribution in [-0.2, 0) is 0 Å². The van der Waals surface area contributed by atoms with E-state index in [1.165, 1.54) is 0 Å². The minimum atomic E-state index is -0.0596. The fourth-order valence-electron chi connectivity index (χ4n) is 1.70. The molecule has 0 heterocycles. The Bertz CT molecular complexity index is 363. The fourth-order valence-corrected chi connectivity index (χ4v) is 1.89. The highest BCUT2D eigenvalue weighted by Crippen LogP contribution is 2.11. The quantitative estimate of drug-likeness (QED) is 0.856. The Morgan fingerprint density at radius 3 is 2.62 bits per heavy atom. The van der Waals surface area contributed by atoms with Crippen molar-refractivity contribution in [1.29, 1.82) is 0 Å². The van der Waals surface area contributed by atoms with Crippen molar-refractivity contribution in [2.24, 2.45) is 5.92 Å². The molecule has 0 aliphatic carbocycles. The first kappa shape index (κ1) is 13.0. The number of amides is 1. The molecular weight excluding hydrogens is 222 g/mol. The van der Waals surface area contributed by atoms with Crippen LogP contribution in [0.15, 0.2) is 24.3 Å². The van der Waals surface area contributed by atoms with E-state index in [0.717, 1.165) is 6.42 Å². The van der Waals surface area contributed by atoms with E-state index in [9.17, 15) is 4.79 Å². The van der Waals surface area contributed by atoms with Crippen LogP contribution in [-0.4, -0.2) is 11.9 Å². The van der Waals surface area contributed by atoms with Crippen molar-refractivity contribution in [2.75, 3.05) is 0 Å². The minimum absolute atomic E-state index is 0.0596. The molecule has 0 bridgehead atoms. The molecule has 1 aromatic carbocycles. The van der Waals surface area contributed by atoms with Gasteiger partial charge in [-0.05, 0) is 37.5 Å². The van der Waals surface area contributed by atoms with Crippen LogP contribution in [0.1, 0.15) is 37.6 Å². The molecule has 0 aliphatic rings. The predicted molar refractivity (Wildman–Crippen MR) is 67.8 cm³/mol. The molecule has 0 saturated carbocycles. The van der Waals surface area contributed by atoms with E-state index in [1.54, 1.807) is 24.3 Å². The van der Waals surface area contributed by atoms with Gasteiger partial charge in [0.1, 0.15) is 0 Å². The summed E-state index contributed by atoms with van der Waals surface area (Å²) in [4.78, 5) is 11.8. The first-order chi connectivity index (χ1) is 7.49. The highest BCUT2D eigenvalue weighted by Gasteiger charge is 2.10. The van der Waals surface area contributed by atoms with Crippen LogP contribution in [0, 0.1) is 5.92 Å². The summed E-state index contributed by atoms with van der Waals surface area (Å²) in [6.07, 6.45) is 0.978. The monoisotopic (exact) mass is 239 g/mol. The summed E-state index contributed by atoms with van der Waals surface area (Å²) in [5.74, 6) is 0.519. The molecule has 1 aromatic rings. The molecule has 3 heteroatoms. The third kappa shape index (κ3) is 4.23. The number of halogens is 1. The number of nitrogens with one attached hydrogen (secondary N) is 1. The van der Waals surface area contributed by atoms with Crippen LogP contribution in [0.4, 0.5) is 0 Å². The number of benzene rings is 1. The smallest absolute Gasteiger partial charge is 0.251 e. The zero-order chi connectivity index (χ0) is 12.1. The van der Waals surface area contributed by atoms with Crippen LogP contribution in [0.3, 0.4) is 0 Å². The third-order valence-corrected chi connectivity index (χ3v) is 2.52. The molecule has 1 amide bonds. The maximum atomic E-state index is 11.8. The second-order valence-electron chi connectivity index (χ2n) is 4.51. The normalized spacial score (nSPS) is 12.6. The van der Waals surface area contributed by atoms with E-state index in [2.05, 4.69) is 19.2 Å². The summed E-state index contributed by atoms with van der Waals surface area (Å²) in [5.41, 5.74) is 0.614. The Labute approximate surface area is 102 Å². The van der Waals surface area contributed by atoms with Gasteiger partial charge in [0.05, 0.1) is 0 Å². The Kier molecular flexibility index (Phi) is 4.81. The lowest BCUT2D eigenvalue weighted by Gasteiger charge is -2.15. The maximum Gasteiger partial charge on any atom is 0.251 e. The first-order valence-corrected chi connectivity index (χ1v) is 5.93. The number of carbonyl (C=O) groups excluding carboxylic acids is 1. The number of carbonyl (C=O) groups is 1. The topological polar surface area (TPSA) is 29.1 Å². The van der Waals surface area contributed by atoms with E-state index < -0.39 is 0 Å². The van der Waals surface area contributed by atoms with E-state index in [-0.39, 0.29) is 11.9 Å². The lowest BCUT2D eigenvalue weighted by atomic mass is 10.0. The van der Waals surface area contributed by atoms with Gasteiger partial charge in [0.15, 0.2) is 0 Å². The van der Waals surface area contributed by atoms with Crippen molar-refractivity contribution in [3.8, 4) is 0 Å². The number of hydrogen-bond donors (Lipinski definition) is 1. The van der Waals surface area contributed by atoms with Crippen LogP contribution in [0.25, 0.3) is 0 Å². The van der Waals surface area contributed by atoms with Crippen molar-refractivity contribution in [1.82, 2.24) is 5.32 Å². The largest absolute Gasteiger partial charge is 0.350 e. The van der Waals surface area contributed by atoms with Gasteiger partial charge >= 0.3 is 0 Å². The molecular formula is C13H18ClNO. The standard InChI is InChI=1S/C13H18ClNO/c1-9(2)7-10(3)15-13(16)11-5-4-6-12(14)8-11/h4-6,8-10H,7H2,1-3H3,(H,15,16)/t10-/m1/s1. The van der Waals surface area contributed by atoms with Crippen molar-refractivity contribution in [3.05, 3.63) is 34.9 Å². The van der Waals surface area contributed by atoms with E-state index >= 15 is 0 Å². The summed E-state index contributed by atoms with van der Waals surface area (Å²) >= 11 is 5.83. The summed E-state index contributed by atoms with van der Waals surface area (Å²) in [5, 5.41) is 3.54. The van der Waals surface area contributed by atoms with Gasteiger partial charge in [-0.15, -0.1) is 0 Å². The minimum Gasteiger partial charge on any atom is -0.350 e. The average Bonchev–Trinajstić information content (AvgIpc) is 2.16. The summed E-state index contributed by atoms with van der Waals surface area (Å²) in [6, 6.07) is 7.18. The molecule has 2 nitrogen and oxygen atoms in total. The average molecular weight is 240 g/mol. The van der Waals surface area contributed by atoms with E-state index in [4.69, 9.17) is 11.6 Å². The van der Waals surface area contributed by atoms with Gasteiger partial charge in [-0.25, -0.2) is 0 Å².